The smallest absolute Gasteiger partial charge is 0.133 e. The summed E-state index contributed by atoms with van der Waals surface area (Å²) in [4.78, 5) is 0. The van der Waals surface area contributed by atoms with E-state index in [0.717, 1.165) is 29.6 Å². The molecule has 1 unspecified atom stereocenters. The molecule has 0 aliphatic carbocycles. The molecule has 1 aromatic heterocycles. The molecule has 0 aliphatic heterocycles. The molecular weight excluding hydrogens is 330 g/mol. The number of benzene rings is 1. The molecule has 0 amide bonds. The number of aromatic nitrogens is 2. The number of ether oxygens (including phenoxy) is 1. The van der Waals surface area contributed by atoms with Crippen LogP contribution >= 0.6 is 15.9 Å². The lowest BCUT2D eigenvalue weighted by Gasteiger charge is -2.19. The number of rotatable bonds is 7. The maximum absolute atomic E-state index is 5.29. The normalized spacial score (nSPS) is 12.4. The third-order valence-corrected chi connectivity index (χ3v) is 4.13. The maximum atomic E-state index is 5.29. The molecule has 0 aliphatic rings. The molecule has 1 heterocycles. The molecule has 0 saturated carbocycles. The third-order valence-electron chi connectivity index (χ3n) is 3.51. The van der Waals surface area contributed by atoms with Crippen molar-refractivity contribution >= 4 is 15.9 Å². The summed E-state index contributed by atoms with van der Waals surface area (Å²) in [5, 5.41) is 7.77. The van der Waals surface area contributed by atoms with Gasteiger partial charge in [-0.25, -0.2) is 0 Å². The SMILES string of the molecule is CCNC(CCc1cnn(C)c1)c1ccc(OC)c(Br)c1. The second kappa shape index (κ2) is 7.61. The topological polar surface area (TPSA) is 39.1 Å². The summed E-state index contributed by atoms with van der Waals surface area (Å²) in [7, 11) is 3.63. The number of hydrogen-bond donors (Lipinski definition) is 1. The second-order valence-corrected chi connectivity index (χ2v) is 5.92. The summed E-state index contributed by atoms with van der Waals surface area (Å²) < 4.78 is 8.13. The molecular formula is C16H22BrN3O. The van der Waals surface area contributed by atoms with Gasteiger partial charge in [-0.05, 0) is 58.6 Å². The van der Waals surface area contributed by atoms with E-state index in [9.17, 15) is 0 Å². The van der Waals surface area contributed by atoms with Crippen LogP contribution in [0.5, 0.6) is 5.75 Å². The van der Waals surface area contributed by atoms with Crippen molar-refractivity contribution in [2.24, 2.45) is 7.05 Å². The molecule has 114 valence electrons. The van der Waals surface area contributed by atoms with Crippen LogP contribution in [0.3, 0.4) is 0 Å². The van der Waals surface area contributed by atoms with Gasteiger partial charge in [0, 0.05) is 19.3 Å². The van der Waals surface area contributed by atoms with E-state index in [1.807, 2.05) is 24.0 Å². The van der Waals surface area contributed by atoms with Crippen LogP contribution in [0.15, 0.2) is 35.1 Å². The minimum Gasteiger partial charge on any atom is -0.496 e. The zero-order valence-electron chi connectivity index (χ0n) is 12.8. The standard InChI is InChI=1S/C16H22BrN3O/c1-4-18-15(7-5-12-10-19-20(2)11-12)13-6-8-16(21-3)14(17)9-13/h6,8-11,15,18H,4-5,7H2,1-3H3. The maximum Gasteiger partial charge on any atom is 0.133 e. The van der Waals surface area contributed by atoms with Gasteiger partial charge in [-0.3, -0.25) is 4.68 Å². The van der Waals surface area contributed by atoms with Gasteiger partial charge in [0.1, 0.15) is 5.75 Å². The fraction of sp³-hybridized carbons (Fsp3) is 0.438. The van der Waals surface area contributed by atoms with Gasteiger partial charge >= 0.3 is 0 Å². The van der Waals surface area contributed by atoms with Gasteiger partial charge in [0.25, 0.3) is 0 Å². The zero-order valence-corrected chi connectivity index (χ0v) is 14.4. The van der Waals surface area contributed by atoms with Crippen LogP contribution in [0.25, 0.3) is 0 Å². The molecule has 5 heteroatoms. The lowest BCUT2D eigenvalue weighted by molar-refractivity contribution is 0.411. The fourth-order valence-corrected chi connectivity index (χ4v) is 3.00. The van der Waals surface area contributed by atoms with Crippen molar-refractivity contribution in [3.05, 3.63) is 46.2 Å². The van der Waals surface area contributed by atoms with Gasteiger partial charge in [-0.15, -0.1) is 0 Å². The molecule has 1 atom stereocenters. The summed E-state index contributed by atoms with van der Waals surface area (Å²) in [5.74, 6) is 0.862. The quantitative estimate of drug-likeness (QED) is 0.829. The molecule has 0 spiro atoms. The first kappa shape index (κ1) is 16.0. The Bertz CT molecular complexity index is 583. The monoisotopic (exact) mass is 351 g/mol. The van der Waals surface area contributed by atoms with E-state index in [4.69, 9.17) is 4.74 Å². The average Bonchev–Trinajstić information content (AvgIpc) is 2.89. The highest BCUT2D eigenvalue weighted by atomic mass is 79.9. The van der Waals surface area contributed by atoms with Gasteiger partial charge in [0.15, 0.2) is 0 Å². The summed E-state index contributed by atoms with van der Waals surface area (Å²) in [6.45, 7) is 3.08. The molecule has 21 heavy (non-hydrogen) atoms. The van der Waals surface area contributed by atoms with E-state index in [1.165, 1.54) is 11.1 Å². The van der Waals surface area contributed by atoms with E-state index in [2.05, 4.69) is 51.6 Å². The number of nitrogens with zero attached hydrogens (tertiary/aromatic N) is 2. The first-order valence-electron chi connectivity index (χ1n) is 7.18. The zero-order chi connectivity index (χ0) is 15.2. The minimum atomic E-state index is 0.331. The van der Waals surface area contributed by atoms with Gasteiger partial charge in [0.2, 0.25) is 0 Å². The Balaban J connectivity index is 2.08. The Labute approximate surface area is 134 Å². The minimum absolute atomic E-state index is 0.331. The molecule has 0 bridgehead atoms. The van der Waals surface area contributed by atoms with E-state index >= 15 is 0 Å². The van der Waals surface area contributed by atoms with Gasteiger partial charge in [-0.1, -0.05) is 13.0 Å². The van der Waals surface area contributed by atoms with E-state index in [1.54, 1.807) is 7.11 Å². The third kappa shape index (κ3) is 4.32. The number of halogens is 1. The molecule has 1 aromatic carbocycles. The Morgan fingerprint density at radius 1 is 1.43 bits per heavy atom. The van der Waals surface area contributed by atoms with Crippen LogP contribution in [0.1, 0.15) is 30.5 Å². The fourth-order valence-electron chi connectivity index (χ4n) is 2.44. The molecule has 2 aromatic rings. The summed E-state index contributed by atoms with van der Waals surface area (Å²) in [5.41, 5.74) is 2.54. The van der Waals surface area contributed by atoms with Crippen molar-refractivity contribution in [2.45, 2.75) is 25.8 Å². The number of methoxy groups -OCH3 is 1. The Morgan fingerprint density at radius 2 is 2.24 bits per heavy atom. The van der Waals surface area contributed by atoms with Crippen LogP contribution in [0.4, 0.5) is 0 Å². The van der Waals surface area contributed by atoms with E-state index in [-0.39, 0.29) is 0 Å². The first-order valence-corrected chi connectivity index (χ1v) is 7.97. The second-order valence-electron chi connectivity index (χ2n) is 5.07. The van der Waals surface area contributed by atoms with Gasteiger partial charge < -0.3 is 10.1 Å². The highest BCUT2D eigenvalue weighted by Crippen LogP contribution is 2.29. The molecule has 2 rings (SSSR count). The van der Waals surface area contributed by atoms with Crippen molar-refractivity contribution in [3.63, 3.8) is 0 Å². The predicted molar refractivity (Wildman–Crippen MR) is 88.6 cm³/mol. The summed E-state index contributed by atoms with van der Waals surface area (Å²) in [6.07, 6.45) is 6.06. The Hall–Kier alpha value is -1.33. The van der Waals surface area contributed by atoms with Crippen LogP contribution in [-0.2, 0) is 13.5 Å². The van der Waals surface area contributed by atoms with Crippen LogP contribution in [-0.4, -0.2) is 23.4 Å². The van der Waals surface area contributed by atoms with Crippen LogP contribution in [0, 0.1) is 0 Å². The Kier molecular flexibility index (Phi) is 5.82. The van der Waals surface area contributed by atoms with Crippen LogP contribution in [0.2, 0.25) is 0 Å². The molecule has 1 N–H and O–H groups in total. The van der Waals surface area contributed by atoms with E-state index < -0.39 is 0 Å². The number of aryl methyl sites for hydroxylation is 2. The van der Waals surface area contributed by atoms with Crippen molar-refractivity contribution in [2.75, 3.05) is 13.7 Å². The predicted octanol–water partition coefficient (Wildman–Crippen LogP) is 3.47. The van der Waals surface area contributed by atoms with Gasteiger partial charge in [-0.2, -0.15) is 5.10 Å². The molecule has 4 nitrogen and oxygen atoms in total. The molecule has 0 saturated heterocycles. The van der Waals surface area contributed by atoms with Crippen molar-refractivity contribution < 1.29 is 4.74 Å². The largest absolute Gasteiger partial charge is 0.496 e. The highest BCUT2D eigenvalue weighted by molar-refractivity contribution is 9.10. The summed E-state index contributed by atoms with van der Waals surface area (Å²) in [6, 6.07) is 6.60. The average molecular weight is 352 g/mol. The number of hydrogen-bond acceptors (Lipinski definition) is 3. The van der Waals surface area contributed by atoms with Crippen molar-refractivity contribution in [3.8, 4) is 5.75 Å². The number of nitrogens with one attached hydrogen (secondary N) is 1. The van der Waals surface area contributed by atoms with Crippen molar-refractivity contribution in [1.29, 1.82) is 0 Å². The lowest BCUT2D eigenvalue weighted by Crippen LogP contribution is -2.21. The van der Waals surface area contributed by atoms with Crippen molar-refractivity contribution in [1.82, 2.24) is 15.1 Å². The van der Waals surface area contributed by atoms with Gasteiger partial charge in [0.05, 0.1) is 17.8 Å². The highest BCUT2D eigenvalue weighted by Gasteiger charge is 2.13. The lowest BCUT2D eigenvalue weighted by atomic mass is 10.00. The first-order chi connectivity index (χ1) is 10.1. The Morgan fingerprint density at radius 3 is 2.81 bits per heavy atom. The van der Waals surface area contributed by atoms with E-state index in [0.29, 0.717) is 6.04 Å². The van der Waals surface area contributed by atoms with Crippen LogP contribution < -0.4 is 10.1 Å². The molecule has 0 fully saturated rings. The molecule has 0 radical (unpaired) electrons. The summed E-state index contributed by atoms with van der Waals surface area (Å²) >= 11 is 3.56.